The number of carbonyl (C=O) groups excluding carboxylic acids is 2. The van der Waals surface area contributed by atoms with Crippen molar-refractivity contribution >= 4 is 17.4 Å². The van der Waals surface area contributed by atoms with Gasteiger partial charge in [0.05, 0.1) is 5.69 Å². The molecule has 0 fully saturated rings. The summed E-state index contributed by atoms with van der Waals surface area (Å²) < 4.78 is 6.07. The number of nitrogens with zero attached hydrogens (tertiary/aromatic N) is 1. The summed E-state index contributed by atoms with van der Waals surface area (Å²) in [5.41, 5.74) is 6.45. The number of hydrogen-bond acceptors (Lipinski definition) is 4. The molecule has 1 aliphatic heterocycles. The number of benzene rings is 1. The van der Waals surface area contributed by atoms with E-state index in [1.807, 2.05) is 20.8 Å². The molecule has 5 heteroatoms. The molecule has 0 aromatic heterocycles. The Morgan fingerprint density at radius 1 is 1.30 bits per heavy atom. The van der Waals surface area contributed by atoms with Crippen LogP contribution in [0.15, 0.2) is 18.2 Å². The second kappa shape index (κ2) is 6.71. The van der Waals surface area contributed by atoms with Gasteiger partial charge in [-0.1, -0.05) is 20.8 Å². The van der Waals surface area contributed by atoms with E-state index in [0.717, 1.165) is 6.42 Å². The van der Waals surface area contributed by atoms with Gasteiger partial charge in [0.15, 0.2) is 11.4 Å². The molecular formula is C18H26N2O3. The van der Waals surface area contributed by atoms with E-state index >= 15 is 0 Å². The fourth-order valence-corrected chi connectivity index (χ4v) is 2.88. The molecule has 126 valence electrons. The zero-order valence-electron chi connectivity index (χ0n) is 14.4. The van der Waals surface area contributed by atoms with Crippen LogP contribution in [-0.4, -0.2) is 29.9 Å². The SMILES string of the molecule is CCC(N)CN1C(=O)C(CC)(CC)Oc2ccc(C(C)=O)cc21. The van der Waals surface area contributed by atoms with E-state index in [4.69, 9.17) is 10.5 Å². The number of hydrogen-bond donors (Lipinski definition) is 1. The van der Waals surface area contributed by atoms with Crippen LogP contribution < -0.4 is 15.4 Å². The molecule has 0 radical (unpaired) electrons. The monoisotopic (exact) mass is 318 g/mol. The van der Waals surface area contributed by atoms with Crippen molar-refractivity contribution in [3.63, 3.8) is 0 Å². The van der Waals surface area contributed by atoms with Gasteiger partial charge in [-0.15, -0.1) is 0 Å². The van der Waals surface area contributed by atoms with Crippen molar-refractivity contribution in [3.8, 4) is 5.75 Å². The first kappa shape index (κ1) is 17.5. The van der Waals surface area contributed by atoms with Gasteiger partial charge in [0.1, 0.15) is 5.75 Å². The zero-order chi connectivity index (χ0) is 17.2. The van der Waals surface area contributed by atoms with Crippen molar-refractivity contribution < 1.29 is 14.3 Å². The lowest BCUT2D eigenvalue weighted by atomic mass is 9.92. The first-order valence-corrected chi connectivity index (χ1v) is 8.30. The molecule has 1 aromatic rings. The quantitative estimate of drug-likeness (QED) is 0.819. The molecule has 2 rings (SSSR count). The fourth-order valence-electron chi connectivity index (χ4n) is 2.88. The number of anilines is 1. The predicted octanol–water partition coefficient (Wildman–Crippen LogP) is 2.91. The minimum absolute atomic E-state index is 0.0391. The van der Waals surface area contributed by atoms with Crippen LogP contribution in [0.5, 0.6) is 5.75 Å². The highest BCUT2D eigenvalue weighted by molar-refractivity contribution is 6.04. The molecule has 0 spiro atoms. The Morgan fingerprint density at radius 2 is 1.96 bits per heavy atom. The number of ether oxygens (including phenoxy) is 1. The molecule has 1 atom stereocenters. The number of ketones is 1. The van der Waals surface area contributed by atoms with Crippen LogP contribution in [0.4, 0.5) is 5.69 Å². The fraction of sp³-hybridized carbons (Fsp3) is 0.556. The minimum atomic E-state index is -0.849. The van der Waals surface area contributed by atoms with Gasteiger partial charge in [-0.25, -0.2) is 0 Å². The summed E-state index contributed by atoms with van der Waals surface area (Å²) in [5, 5.41) is 0. The van der Waals surface area contributed by atoms with Crippen molar-refractivity contribution in [2.45, 2.75) is 58.6 Å². The lowest BCUT2D eigenvalue weighted by Crippen LogP contribution is -2.57. The maximum Gasteiger partial charge on any atom is 0.271 e. The lowest BCUT2D eigenvalue weighted by molar-refractivity contribution is -0.136. The number of rotatable bonds is 6. The summed E-state index contributed by atoms with van der Waals surface area (Å²) in [5.74, 6) is 0.531. The van der Waals surface area contributed by atoms with E-state index in [2.05, 4.69) is 0 Å². The first-order valence-electron chi connectivity index (χ1n) is 8.30. The standard InChI is InChI=1S/C18H26N2O3/c1-5-14(19)11-20-15-10-13(12(4)21)8-9-16(15)23-18(6-2,7-3)17(20)22/h8-10,14H,5-7,11,19H2,1-4H3. The average Bonchev–Trinajstić information content (AvgIpc) is 2.56. The Bertz CT molecular complexity index is 608. The number of amides is 1. The topological polar surface area (TPSA) is 72.6 Å². The van der Waals surface area contributed by atoms with E-state index in [9.17, 15) is 9.59 Å². The third-order valence-corrected chi connectivity index (χ3v) is 4.68. The summed E-state index contributed by atoms with van der Waals surface area (Å²) in [6.07, 6.45) is 1.96. The summed E-state index contributed by atoms with van der Waals surface area (Å²) in [4.78, 5) is 26.4. The van der Waals surface area contributed by atoms with Gasteiger partial charge in [0.25, 0.3) is 5.91 Å². The molecule has 0 bridgehead atoms. The second-order valence-electron chi connectivity index (χ2n) is 6.13. The molecule has 1 aromatic carbocycles. The van der Waals surface area contributed by atoms with Crippen molar-refractivity contribution in [1.82, 2.24) is 0 Å². The van der Waals surface area contributed by atoms with Crippen molar-refractivity contribution in [3.05, 3.63) is 23.8 Å². The van der Waals surface area contributed by atoms with Gasteiger partial charge in [-0.05, 0) is 44.4 Å². The highest BCUT2D eigenvalue weighted by Crippen LogP contribution is 2.41. The van der Waals surface area contributed by atoms with Crippen LogP contribution in [0, 0.1) is 0 Å². The van der Waals surface area contributed by atoms with E-state index in [1.54, 1.807) is 23.1 Å². The van der Waals surface area contributed by atoms with E-state index < -0.39 is 5.60 Å². The van der Waals surface area contributed by atoms with Crippen molar-refractivity contribution in [1.29, 1.82) is 0 Å². The number of Topliss-reactive ketones (excluding diaryl/α,β-unsaturated/α-hetero) is 1. The molecule has 1 aliphatic rings. The van der Waals surface area contributed by atoms with Gasteiger partial charge < -0.3 is 15.4 Å². The van der Waals surface area contributed by atoms with Crippen LogP contribution in [0.2, 0.25) is 0 Å². The average molecular weight is 318 g/mol. The van der Waals surface area contributed by atoms with Gasteiger partial charge in [0.2, 0.25) is 0 Å². The molecule has 1 unspecified atom stereocenters. The molecule has 0 aliphatic carbocycles. The summed E-state index contributed by atoms with van der Waals surface area (Å²) >= 11 is 0. The van der Waals surface area contributed by atoms with Crippen LogP contribution in [0.25, 0.3) is 0 Å². The van der Waals surface area contributed by atoms with Crippen molar-refractivity contribution in [2.24, 2.45) is 5.73 Å². The summed E-state index contributed by atoms with van der Waals surface area (Å²) in [6.45, 7) is 7.84. The molecule has 1 amide bonds. The molecule has 0 saturated heterocycles. The summed E-state index contributed by atoms with van der Waals surface area (Å²) in [7, 11) is 0. The smallest absolute Gasteiger partial charge is 0.271 e. The first-order chi connectivity index (χ1) is 10.9. The maximum atomic E-state index is 13.1. The Labute approximate surface area is 137 Å². The lowest BCUT2D eigenvalue weighted by Gasteiger charge is -2.42. The third kappa shape index (κ3) is 3.11. The highest BCUT2D eigenvalue weighted by atomic mass is 16.5. The van der Waals surface area contributed by atoms with Crippen LogP contribution in [0.1, 0.15) is 57.3 Å². The second-order valence-corrected chi connectivity index (χ2v) is 6.13. The van der Waals surface area contributed by atoms with E-state index in [0.29, 0.717) is 36.4 Å². The molecule has 5 nitrogen and oxygen atoms in total. The Morgan fingerprint density at radius 3 is 2.48 bits per heavy atom. The predicted molar refractivity (Wildman–Crippen MR) is 91.0 cm³/mol. The zero-order valence-corrected chi connectivity index (χ0v) is 14.4. The highest BCUT2D eigenvalue weighted by Gasteiger charge is 2.46. The van der Waals surface area contributed by atoms with Gasteiger partial charge >= 0.3 is 0 Å². The van der Waals surface area contributed by atoms with Crippen LogP contribution in [0.3, 0.4) is 0 Å². The Balaban J connectivity index is 2.54. The molecule has 23 heavy (non-hydrogen) atoms. The number of fused-ring (bicyclic) bond motifs is 1. The van der Waals surface area contributed by atoms with E-state index in [-0.39, 0.29) is 17.7 Å². The maximum absolute atomic E-state index is 13.1. The van der Waals surface area contributed by atoms with Crippen LogP contribution >= 0.6 is 0 Å². The number of nitrogens with two attached hydrogens (primary N) is 1. The van der Waals surface area contributed by atoms with Gasteiger partial charge in [-0.2, -0.15) is 0 Å². The molecule has 0 saturated carbocycles. The Hall–Kier alpha value is -1.88. The van der Waals surface area contributed by atoms with Crippen LogP contribution in [-0.2, 0) is 4.79 Å². The third-order valence-electron chi connectivity index (χ3n) is 4.68. The molecule has 1 heterocycles. The Kier molecular flexibility index (Phi) is 5.09. The molecular weight excluding hydrogens is 292 g/mol. The normalized spacial score (nSPS) is 17.4. The summed E-state index contributed by atoms with van der Waals surface area (Å²) in [6, 6.07) is 5.14. The molecule has 2 N–H and O–H groups in total. The largest absolute Gasteiger partial charge is 0.475 e. The van der Waals surface area contributed by atoms with Gasteiger partial charge in [0, 0.05) is 18.2 Å². The van der Waals surface area contributed by atoms with E-state index in [1.165, 1.54) is 6.92 Å². The van der Waals surface area contributed by atoms with Gasteiger partial charge in [-0.3, -0.25) is 9.59 Å². The minimum Gasteiger partial charge on any atom is -0.475 e. The number of carbonyl (C=O) groups is 2. The van der Waals surface area contributed by atoms with Crippen molar-refractivity contribution in [2.75, 3.05) is 11.4 Å².